The topological polar surface area (TPSA) is 78.9 Å². The zero-order valence-electron chi connectivity index (χ0n) is 13.4. The Morgan fingerprint density at radius 2 is 1.83 bits per heavy atom. The SMILES string of the molecule is Nc1ncnc2c1ncn2CC1=C(COCc2ccccc2)CC1. The number of rotatable bonds is 6. The molecule has 0 bridgehead atoms. The molecular formula is C18H19N5O. The van der Waals surface area contributed by atoms with Crippen LogP contribution in [0.15, 0.2) is 54.1 Å². The summed E-state index contributed by atoms with van der Waals surface area (Å²) in [5.74, 6) is 0.424. The van der Waals surface area contributed by atoms with E-state index >= 15 is 0 Å². The van der Waals surface area contributed by atoms with E-state index in [4.69, 9.17) is 10.5 Å². The van der Waals surface area contributed by atoms with Crippen molar-refractivity contribution in [1.82, 2.24) is 19.5 Å². The van der Waals surface area contributed by atoms with Gasteiger partial charge in [-0.05, 0) is 29.6 Å². The number of hydrogen-bond acceptors (Lipinski definition) is 5. The van der Waals surface area contributed by atoms with E-state index in [0.29, 0.717) is 24.5 Å². The molecule has 3 aromatic rings. The second-order valence-electron chi connectivity index (χ2n) is 5.99. The lowest BCUT2D eigenvalue weighted by Crippen LogP contribution is -2.15. The van der Waals surface area contributed by atoms with Gasteiger partial charge in [0.15, 0.2) is 11.5 Å². The van der Waals surface area contributed by atoms with Gasteiger partial charge in [-0.15, -0.1) is 0 Å². The van der Waals surface area contributed by atoms with Gasteiger partial charge in [0.25, 0.3) is 0 Å². The maximum absolute atomic E-state index is 5.85. The van der Waals surface area contributed by atoms with E-state index in [9.17, 15) is 0 Å². The second kappa shape index (κ2) is 6.41. The van der Waals surface area contributed by atoms with E-state index in [1.165, 1.54) is 23.0 Å². The molecule has 1 aromatic carbocycles. The smallest absolute Gasteiger partial charge is 0.165 e. The van der Waals surface area contributed by atoms with Crippen LogP contribution in [-0.4, -0.2) is 26.1 Å². The highest BCUT2D eigenvalue weighted by Gasteiger charge is 2.19. The van der Waals surface area contributed by atoms with Crippen LogP contribution in [0.3, 0.4) is 0 Å². The molecule has 0 amide bonds. The zero-order valence-corrected chi connectivity index (χ0v) is 13.4. The number of aromatic nitrogens is 4. The molecule has 0 atom stereocenters. The van der Waals surface area contributed by atoms with Crippen LogP contribution in [-0.2, 0) is 17.9 Å². The standard InChI is InChI=1S/C18H19N5O/c19-17-16-18(21-11-20-17)23(12-22-16)8-14-6-7-15(14)10-24-9-13-4-2-1-3-5-13/h1-5,11-12H,6-10H2,(H2,19,20,21). The lowest BCUT2D eigenvalue weighted by molar-refractivity contribution is 0.137. The molecule has 4 rings (SSSR count). The third-order valence-electron chi connectivity index (χ3n) is 4.41. The van der Waals surface area contributed by atoms with Crippen LogP contribution in [0.1, 0.15) is 18.4 Å². The Balaban J connectivity index is 1.42. The van der Waals surface area contributed by atoms with Crippen LogP contribution in [0.25, 0.3) is 11.2 Å². The van der Waals surface area contributed by atoms with Crippen molar-refractivity contribution in [2.75, 3.05) is 12.3 Å². The molecule has 1 aliphatic carbocycles. The van der Waals surface area contributed by atoms with Crippen LogP contribution in [0.4, 0.5) is 5.82 Å². The van der Waals surface area contributed by atoms with Gasteiger partial charge in [0, 0.05) is 6.54 Å². The van der Waals surface area contributed by atoms with Gasteiger partial charge in [0.2, 0.25) is 0 Å². The highest BCUT2D eigenvalue weighted by Crippen LogP contribution is 2.30. The Kier molecular flexibility index (Phi) is 3.96. The molecule has 6 heteroatoms. The molecule has 2 N–H and O–H groups in total. The first-order valence-corrected chi connectivity index (χ1v) is 8.04. The summed E-state index contributed by atoms with van der Waals surface area (Å²) in [7, 11) is 0. The van der Waals surface area contributed by atoms with E-state index in [2.05, 4.69) is 27.1 Å². The molecule has 2 heterocycles. The Morgan fingerprint density at radius 1 is 1.00 bits per heavy atom. The fourth-order valence-corrected chi connectivity index (χ4v) is 2.93. The van der Waals surface area contributed by atoms with Crippen molar-refractivity contribution in [2.24, 2.45) is 0 Å². The van der Waals surface area contributed by atoms with Gasteiger partial charge < -0.3 is 15.0 Å². The second-order valence-corrected chi connectivity index (χ2v) is 5.99. The van der Waals surface area contributed by atoms with Gasteiger partial charge in [-0.2, -0.15) is 0 Å². The molecule has 0 unspecified atom stereocenters. The lowest BCUT2D eigenvalue weighted by Gasteiger charge is -2.24. The number of imidazole rings is 1. The third kappa shape index (κ3) is 2.88. The Hall–Kier alpha value is -2.73. The van der Waals surface area contributed by atoms with Crippen LogP contribution in [0, 0.1) is 0 Å². The molecule has 0 fully saturated rings. The molecule has 0 saturated carbocycles. The monoisotopic (exact) mass is 321 g/mol. The number of fused-ring (bicyclic) bond motifs is 1. The fourth-order valence-electron chi connectivity index (χ4n) is 2.93. The van der Waals surface area contributed by atoms with Gasteiger partial charge in [0.05, 0.1) is 19.5 Å². The molecule has 122 valence electrons. The predicted octanol–water partition coefficient (Wildman–Crippen LogP) is 2.72. The van der Waals surface area contributed by atoms with Crippen molar-refractivity contribution in [3.05, 3.63) is 59.7 Å². The number of nitrogen functional groups attached to an aromatic ring is 1. The number of nitrogens with two attached hydrogens (primary N) is 1. The largest absolute Gasteiger partial charge is 0.382 e. The summed E-state index contributed by atoms with van der Waals surface area (Å²) in [4.78, 5) is 12.6. The maximum Gasteiger partial charge on any atom is 0.165 e. The average Bonchev–Trinajstić information content (AvgIpc) is 3.01. The number of hydrogen-bond donors (Lipinski definition) is 1. The lowest BCUT2D eigenvalue weighted by atomic mass is 9.89. The van der Waals surface area contributed by atoms with E-state index in [1.807, 2.05) is 22.8 Å². The van der Waals surface area contributed by atoms with Crippen molar-refractivity contribution < 1.29 is 4.74 Å². The molecule has 6 nitrogen and oxygen atoms in total. The number of benzene rings is 1. The molecule has 24 heavy (non-hydrogen) atoms. The summed E-state index contributed by atoms with van der Waals surface area (Å²) in [6.07, 6.45) is 5.47. The molecule has 2 aromatic heterocycles. The van der Waals surface area contributed by atoms with Crippen molar-refractivity contribution >= 4 is 17.0 Å². The van der Waals surface area contributed by atoms with Crippen molar-refractivity contribution in [3.63, 3.8) is 0 Å². The van der Waals surface area contributed by atoms with E-state index < -0.39 is 0 Å². The maximum atomic E-state index is 5.85. The summed E-state index contributed by atoms with van der Waals surface area (Å²) in [6, 6.07) is 10.2. The van der Waals surface area contributed by atoms with Gasteiger partial charge in [0.1, 0.15) is 11.8 Å². The highest BCUT2D eigenvalue weighted by molar-refractivity contribution is 5.81. The minimum Gasteiger partial charge on any atom is -0.382 e. The number of allylic oxidation sites excluding steroid dienone is 1. The molecule has 0 aliphatic heterocycles. The van der Waals surface area contributed by atoms with E-state index in [1.54, 1.807) is 6.33 Å². The first kappa shape index (κ1) is 14.8. The first-order chi connectivity index (χ1) is 11.8. The average molecular weight is 321 g/mol. The highest BCUT2D eigenvalue weighted by atomic mass is 16.5. The Labute approximate surface area is 140 Å². The van der Waals surface area contributed by atoms with Crippen LogP contribution < -0.4 is 5.73 Å². The van der Waals surface area contributed by atoms with Crippen molar-refractivity contribution in [1.29, 1.82) is 0 Å². The normalized spacial score (nSPS) is 14.2. The molecular weight excluding hydrogens is 302 g/mol. The van der Waals surface area contributed by atoms with E-state index in [-0.39, 0.29) is 0 Å². The van der Waals surface area contributed by atoms with Gasteiger partial charge in [-0.3, -0.25) is 0 Å². The first-order valence-electron chi connectivity index (χ1n) is 8.04. The molecule has 0 radical (unpaired) electrons. The van der Waals surface area contributed by atoms with Crippen LogP contribution >= 0.6 is 0 Å². The van der Waals surface area contributed by atoms with Crippen LogP contribution in [0.5, 0.6) is 0 Å². The summed E-state index contributed by atoms with van der Waals surface area (Å²) in [5, 5.41) is 0. The summed E-state index contributed by atoms with van der Waals surface area (Å²) in [5.41, 5.74) is 11.3. The third-order valence-corrected chi connectivity index (χ3v) is 4.41. The number of anilines is 1. The quantitative estimate of drug-likeness (QED) is 0.706. The van der Waals surface area contributed by atoms with Gasteiger partial charge >= 0.3 is 0 Å². The van der Waals surface area contributed by atoms with Crippen molar-refractivity contribution in [3.8, 4) is 0 Å². The summed E-state index contributed by atoms with van der Waals surface area (Å²) in [6.45, 7) is 2.13. The van der Waals surface area contributed by atoms with Gasteiger partial charge in [-0.25, -0.2) is 15.0 Å². The van der Waals surface area contributed by atoms with Crippen molar-refractivity contribution in [2.45, 2.75) is 26.0 Å². The molecule has 0 saturated heterocycles. The Bertz CT molecular complexity index is 885. The number of nitrogens with zero attached hydrogens (tertiary/aromatic N) is 4. The molecule has 1 aliphatic rings. The minimum absolute atomic E-state index is 0.424. The fraction of sp³-hybridized carbons (Fsp3) is 0.278. The minimum atomic E-state index is 0.424. The molecule has 0 spiro atoms. The van der Waals surface area contributed by atoms with Crippen LogP contribution in [0.2, 0.25) is 0 Å². The predicted molar refractivity (Wildman–Crippen MR) is 92.1 cm³/mol. The van der Waals surface area contributed by atoms with Gasteiger partial charge in [-0.1, -0.05) is 30.3 Å². The Morgan fingerprint density at radius 3 is 2.62 bits per heavy atom. The summed E-state index contributed by atoms with van der Waals surface area (Å²) >= 11 is 0. The number of ether oxygens (including phenoxy) is 1. The van der Waals surface area contributed by atoms with E-state index in [0.717, 1.165) is 25.0 Å². The zero-order chi connectivity index (χ0) is 16.4. The summed E-state index contributed by atoms with van der Waals surface area (Å²) < 4.78 is 7.88.